The molecule has 6 nitrogen and oxygen atoms in total. The number of ether oxygens (including phenoxy) is 1. The van der Waals surface area contributed by atoms with E-state index in [4.69, 9.17) is 13.8 Å². The maximum atomic E-state index is 13.3. The molecule has 0 unspecified atom stereocenters. The first kappa shape index (κ1) is 19.9. The molecule has 0 N–H and O–H groups in total. The van der Waals surface area contributed by atoms with Gasteiger partial charge in [0.25, 0.3) is 0 Å². The Hall–Kier alpha value is -2.05. The largest absolute Gasteiger partial charge is 0.480 e. The maximum absolute atomic E-state index is 13.3. The minimum Gasteiger partial charge on any atom is -0.480 e. The minimum absolute atomic E-state index is 0.128. The Balaban J connectivity index is 1.39. The van der Waals surface area contributed by atoms with Crippen LogP contribution in [0.25, 0.3) is 11.3 Å². The molecule has 2 aliphatic rings. The molecule has 156 valence electrons. The van der Waals surface area contributed by atoms with E-state index < -0.39 is 7.60 Å². The van der Waals surface area contributed by atoms with Crippen molar-refractivity contribution in [1.82, 2.24) is 9.97 Å². The molecular weight excluding hydrogens is 419 g/mol. The van der Waals surface area contributed by atoms with E-state index in [-0.39, 0.29) is 12.5 Å². The molecule has 1 aliphatic carbocycles. The molecule has 1 saturated heterocycles. The van der Waals surface area contributed by atoms with E-state index in [2.05, 4.69) is 23.8 Å². The Kier molecular flexibility index (Phi) is 5.02. The Labute approximate surface area is 179 Å². The molecule has 2 aromatic heterocycles. The van der Waals surface area contributed by atoms with Crippen LogP contribution in [0.5, 0.6) is 5.75 Å². The van der Waals surface area contributed by atoms with Crippen LogP contribution in [-0.2, 0) is 20.0 Å². The molecule has 8 heteroatoms. The Morgan fingerprint density at radius 3 is 2.93 bits per heavy atom. The number of pyridine rings is 1. The average molecular weight is 442 g/mol. The van der Waals surface area contributed by atoms with Gasteiger partial charge in [0.05, 0.1) is 23.9 Å². The maximum Gasteiger partial charge on any atom is 0.368 e. The van der Waals surface area contributed by atoms with Crippen LogP contribution in [0.2, 0.25) is 0 Å². The lowest BCUT2D eigenvalue weighted by Gasteiger charge is -2.30. The smallest absolute Gasteiger partial charge is 0.368 e. The van der Waals surface area contributed by atoms with Gasteiger partial charge in [0, 0.05) is 35.2 Å². The van der Waals surface area contributed by atoms with Crippen molar-refractivity contribution in [3.8, 4) is 17.0 Å². The lowest BCUT2D eigenvalue weighted by Crippen LogP contribution is -2.17. The van der Waals surface area contributed by atoms with Gasteiger partial charge >= 0.3 is 7.60 Å². The van der Waals surface area contributed by atoms with Crippen LogP contribution in [0.4, 0.5) is 0 Å². The highest BCUT2D eigenvalue weighted by atomic mass is 32.1. The van der Waals surface area contributed by atoms with Crippen molar-refractivity contribution >= 4 is 18.9 Å². The van der Waals surface area contributed by atoms with Crippen LogP contribution >= 0.6 is 18.9 Å². The van der Waals surface area contributed by atoms with Crippen LogP contribution in [0.1, 0.15) is 45.3 Å². The van der Waals surface area contributed by atoms with Crippen LogP contribution in [0.15, 0.2) is 29.9 Å². The zero-order chi connectivity index (χ0) is 20.9. The zero-order valence-electron chi connectivity index (χ0n) is 17.2. The fourth-order valence-corrected chi connectivity index (χ4v) is 6.27. The quantitative estimate of drug-likeness (QED) is 0.375. The summed E-state index contributed by atoms with van der Waals surface area (Å²) in [6, 6.07) is 5.89. The minimum atomic E-state index is -3.40. The topological polar surface area (TPSA) is 70.5 Å². The molecule has 1 fully saturated rings. The number of aromatic nitrogens is 2. The van der Waals surface area contributed by atoms with Gasteiger partial charge in [0.2, 0.25) is 0 Å². The average Bonchev–Trinajstić information content (AvgIpc) is 3.32. The predicted octanol–water partition coefficient (Wildman–Crippen LogP) is 5.74. The lowest BCUT2D eigenvalue weighted by molar-refractivity contribution is 0.0724. The molecular formula is C22H23N2O4PS. The van der Waals surface area contributed by atoms with E-state index in [9.17, 15) is 4.57 Å². The molecule has 30 heavy (non-hydrogen) atoms. The van der Waals surface area contributed by atoms with Crippen molar-refractivity contribution in [3.05, 3.63) is 62.7 Å². The van der Waals surface area contributed by atoms with Crippen LogP contribution in [-0.4, -0.2) is 22.9 Å². The summed E-state index contributed by atoms with van der Waals surface area (Å²) in [5, 5.41) is 0. The Bertz CT molecular complexity index is 1160. The van der Waals surface area contributed by atoms with Crippen LogP contribution < -0.4 is 4.74 Å². The van der Waals surface area contributed by atoms with Crippen molar-refractivity contribution in [2.24, 2.45) is 0 Å². The van der Waals surface area contributed by atoms with E-state index in [1.165, 1.54) is 16.0 Å². The van der Waals surface area contributed by atoms with Gasteiger partial charge in [-0.15, -0.1) is 11.3 Å². The summed E-state index contributed by atoms with van der Waals surface area (Å²) < 4.78 is 30.9. The van der Waals surface area contributed by atoms with Gasteiger partial charge in [-0.25, -0.2) is 4.98 Å². The van der Waals surface area contributed by atoms with Gasteiger partial charge in [-0.05, 0) is 55.2 Å². The molecule has 1 aliphatic heterocycles. The van der Waals surface area contributed by atoms with Crippen molar-refractivity contribution in [2.75, 3.05) is 13.0 Å². The van der Waals surface area contributed by atoms with E-state index >= 15 is 0 Å². The fraction of sp³-hybridized carbons (Fsp3) is 0.364. The first-order valence-electron chi connectivity index (χ1n) is 9.97. The molecule has 3 aromatic rings. The third kappa shape index (κ3) is 3.50. The van der Waals surface area contributed by atoms with E-state index in [0.717, 1.165) is 34.5 Å². The molecule has 0 bridgehead atoms. The summed E-state index contributed by atoms with van der Waals surface area (Å²) in [7, 11) is -3.40. The zero-order valence-corrected chi connectivity index (χ0v) is 18.9. The standard InChI is InChI=1S/C22H23N2O4PS/c1-13-8-19(21-17(15(13)3)9-20-22(21)24-11-30-20)26-12-29(25)27-7-6-18(28-29)16-5-4-14(2)23-10-16/h4-5,8,10-11,18H,6-7,9,12H2,1-3H3/t18-,29+/m0/s1. The van der Waals surface area contributed by atoms with Gasteiger partial charge < -0.3 is 9.26 Å². The van der Waals surface area contributed by atoms with E-state index in [0.29, 0.717) is 18.8 Å². The molecule has 0 amide bonds. The first-order chi connectivity index (χ1) is 14.4. The second-order valence-electron chi connectivity index (χ2n) is 7.80. The number of rotatable bonds is 4. The third-order valence-corrected chi connectivity index (χ3v) is 8.23. The SMILES string of the molecule is Cc1ccc([C@@H]2CCO[P@](=O)(COc3cc(C)c(C)c4c3-c3ncsc3C4)O2)cn1. The lowest BCUT2D eigenvalue weighted by atomic mass is 9.98. The van der Waals surface area contributed by atoms with Crippen LogP contribution in [0.3, 0.4) is 0 Å². The van der Waals surface area contributed by atoms with E-state index in [1.807, 2.05) is 30.6 Å². The Morgan fingerprint density at radius 2 is 2.13 bits per heavy atom. The van der Waals surface area contributed by atoms with Gasteiger partial charge in [-0.2, -0.15) is 0 Å². The first-order valence-corrected chi connectivity index (χ1v) is 12.6. The molecule has 1 aromatic carbocycles. The molecule has 0 radical (unpaired) electrons. The number of hydrogen-bond acceptors (Lipinski definition) is 7. The fourth-order valence-electron chi connectivity index (χ4n) is 4.00. The van der Waals surface area contributed by atoms with Crippen LogP contribution in [0, 0.1) is 20.8 Å². The highest BCUT2D eigenvalue weighted by Gasteiger charge is 2.36. The number of fused-ring (bicyclic) bond motifs is 3. The molecule has 3 heterocycles. The summed E-state index contributed by atoms with van der Waals surface area (Å²) >= 11 is 1.66. The van der Waals surface area contributed by atoms with Crippen molar-refractivity contribution in [2.45, 2.75) is 39.7 Å². The highest BCUT2D eigenvalue weighted by Crippen LogP contribution is 2.56. The van der Waals surface area contributed by atoms with Gasteiger partial charge in [0.15, 0.2) is 6.35 Å². The summed E-state index contributed by atoms with van der Waals surface area (Å²) in [6.07, 6.45) is 2.84. The number of hydrogen-bond donors (Lipinski definition) is 0. The molecule has 0 spiro atoms. The Morgan fingerprint density at radius 1 is 1.27 bits per heavy atom. The monoisotopic (exact) mass is 442 g/mol. The molecule has 5 rings (SSSR count). The number of thiazole rings is 1. The summed E-state index contributed by atoms with van der Waals surface area (Å²) in [6.45, 7) is 6.49. The molecule has 0 saturated carbocycles. The van der Waals surface area contributed by atoms with Crippen molar-refractivity contribution in [3.63, 3.8) is 0 Å². The van der Waals surface area contributed by atoms with Crippen molar-refractivity contribution < 1.29 is 18.3 Å². The summed E-state index contributed by atoms with van der Waals surface area (Å²) in [4.78, 5) is 10.1. The predicted molar refractivity (Wildman–Crippen MR) is 116 cm³/mol. The number of aryl methyl sites for hydroxylation is 2. The second-order valence-corrected chi connectivity index (χ2v) is 10.7. The third-order valence-electron chi connectivity index (χ3n) is 5.80. The van der Waals surface area contributed by atoms with Gasteiger partial charge in [-0.1, -0.05) is 6.07 Å². The number of benzene rings is 1. The second kappa shape index (κ2) is 7.57. The number of nitrogens with zero attached hydrogens (tertiary/aromatic N) is 2. The van der Waals surface area contributed by atoms with Crippen molar-refractivity contribution in [1.29, 1.82) is 0 Å². The van der Waals surface area contributed by atoms with Gasteiger partial charge in [-0.3, -0.25) is 14.1 Å². The van der Waals surface area contributed by atoms with Gasteiger partial charge in [0.1, 0.15) is 5.75 Å². The normalized spacial score (nSPS) is 22.6. The summed E-state index contributed by atoms with van der Waals surface area (Å²) in [5.41, 5.74) is 9.33. The molecule has 2 atom stereocenters. The van der Waals surface area contributed by atoms with E-state index in [1.54, 1.807) is 17.5 Å². The summed E-state index contributed by atoms with van der Waals surface area (Å²) in [5.74, 6) is 0.694. The highest BCUT2D eigenvalue weighted by molar-refractivity contribution is 7.53.